The molecule has 116 valence electrons. The first kappa shape index (κ1) is 15.4. The Morgan fingerprint density at radius 2 is 1.78 bits per heavy atom. The number of hydrogen-bond donors (Lipinski definition) is 2. The molecule has 1 heterocycles. The Morgan fingerprint density at radius 1 is 1.09 bits per heavy atom. The van der Waals surface area contributed by atoms with Crippen molar-refractivity contribution in [2.45, 2.75) is 0 Å². The van der Waals surface area contributed by atoms with Crippen molar-refractivity contribution in [3.8, 4) is 23.0 Å². The van der Waals surface area contributed by atoms with E-state index in [-0.39, 0.29) is 11.7 Å². The fourth-order valence-electron chi connectivity index (χ4n) is 2.22. The van der Waals surface area contributed by atoms with E-state index >= 15 is 0 Å². The van der Waals surface area contributed by atoms with Gasteiger partial charge in [-0.2, -0.15) is 0 Å². The number of hydrogen-bond acceptors (Lipinski definition) is 3. The Labute approximate surface area is 142 Å². The highest BCUT2D eigenvalue weighted by atomic mass is 35.5. The first-order valence-corrected chi connectivity index (χ1v) is 7.40. The lowest BCUT2D eigenvalue weighted by atomic mass is 10.2. The van der Waals surface area contributed by atoms with Crippen LogP contribution in [0.3, 0.4) is 0 Å². The second-order valence-corrected chi connectivity index (χ2v) is 5.51. The van der Waals surface area contributed by atoms with E-state index in [0.29, 0.717) is 33.5 Å². The normalized spacial score (nSPS) is 10.5. The number of anilines is 1. The first-order valence-electron chi connectivity index (χ1n) is 6.64. The molecule has 0 unspecified atom stereocenters. The van der Waals surface area contributed by atoms with Crippen LogP contribution in [-0.4, -0.2) is 21.1 Å². The first-order chi connectivity index (χ1) is 11.1. The van der Waals surface area contributed by atoms with E-state index in [1.807, 2.05) is 6.07 Å². The number of imidazole rings is 1. The Hall–Kier alpha value is -2.50. The Kier molecular flexibility index (Phi) is 4.23. The molecule has 1 aromatic heterocycles. The van der Waals surface area contributed by atoms with Crippen molar-refractivity contribution in [1.29, 1.82) is 0 Å². The van der Waals surface area contributed by atoms with Crippen LogP contribution in [0, 0.1) is 0 Å². The molecule has 1 amide bonds. The molecule has 0 aliphatic carbocycles. The van der Waals surface area contributed by atoms with Gasteiger partial charge in [-0.1, -0.05) is 35.3 Å². The zero-order chi connectivity index (χ0) is 16.4. The third kappa shape index (κ3) is 2.88. The number of aromatic hydroxyl groups is 1. The number of nitrogens with one attached hydrogen (secondary N) is 1. The second kappa shape index (κ2) is 6.32. The van der Waals surface area contributed by atoms with Gasteiger partial charge in [-0.05, 0) is 36.4 Å². The number of amides is 1. The molecule has 7 heteroatoms. The van der Waals surface area contributed by atoms with Crippen molar-refractivity contribution in [1.82, 2.24) is 9.55 Å². The third-order valence-corrected chi connectivity index (χ3v) is 3.83. The monoisotopic (exact) mass is 347 g/mol. The molecule has 0 bridgehead atoms. The molecule has 2 N–H and O–H groups in total. The molecule has 0 aliphatic heterocycles. The molecule has 3 aromatic rings. The molecule has 2 aromatic carbocycles. The van der Waals surface area contributed by atoms with Crippen LogP contribution in [-0.2, 0) is 4.79 Å². The quantitative estimate of drug-likeness (QED) is 0.697. The molecular weight excluding hydrogens is 337 g/mol. The number of halogens is 2. The van der Waals surface area contributed by atoms with Gasteiger partial charge >= 0.3 is 0 Å². The van der Waals surface area contributed by atoms with Gasteiger partial charge in [-0.3, -0.25) is 9.36 Å². The fourth-order valence-corrected chi connectivity index (χ4v) is 2.57. The molecule has 0 aliphatic rings. The largest absolute Gasteiger partial charge is 0.492 e. The number of carbonyl (C=O) groups excluding carboxylic acids is 1. The van der Waals surface area contributed by atoms with E-state index in [4.69, 9.17) is 23.2 Å². The van der Waals surface area contributed by atoms with Crippen LogP contribution in [0.25, 0.3) is 17.1 Å². The van der Waals surface area contributed by atoms with Gasteiger partial charge in [0.25, 0.3) is 0 Å². The molecule has 0 saturated heterocycles. The average molecular weight is 348 g/mol. The highest BCUT2D eigenvalue weighted by Crippen LogP contribution is 2.36. The van der Waals surface area contributed by atoms with E-state index in [1.54, 1.807) is 42.5 Å². The number of benzene rings is 2. The standard InChI is InChI=1S/C16H11Cl2N3O2/c17-10-5-7-11(8-6-10)21-15(12-3-1-2-4-13(12)18)20-14(16(21)23)19-9-22/h1-9,23H,(H,19,22). The summed E-state index contributed by atoms with van der Waals surface area (Å²) in [5.74, 6) is 0.249. The van der Waals surface area contributed by atoms with Crippen LogP contribution < -0.4 is 5.32 Å². The summed E-state index contributed by atoms with van der Waals surface area (Å²) in [4.78, 5) is 15.0. The minimum atomic E-state index is -0.200. The maximum Gasteiger partial charge on any atom is 0.241 e. The van der Waals surface area contributed by atoms with Gasteiger partial charge in [0.15, 0.2) is 11.6 Å². The maximum absolute atomic E-state index is 10.7. The minimum Gasteiger partial charge on any atom is -0.492 e. The predicted molar refractivity (Wildman–Crippen MR) is 90.4 cm³/mol. The highest BCUT2D eigenvalue weighted by molar-refractivity contribution is 6.33. The van der Waals surface area contributed by atoms with E-state index < -0.39 is 0 Å². The molecule has 23 heavy (non-hydrogen) atoms. The van der Waals surface area contributed by atoms with Gasteiger partial charge in [-0.25, -0.2) is 4.98 Å². The predicted octanol–water partition coefficient (Wildman–Crippen LogP) is 4.12. The lowest BCUT2D eigenvalue weighted by Gasteiger charge is -2.10. The summed E-state index contributed by atoms with van der Waals surface area (Å²) >= 11 is 12.1. The smallest absolute Gasteiger partial charge is 0.241 e. The number of aromatic nitrogens is 2. The molecule has 0 fully saturated rings. The summed E-state index contributed by atoms with van der Waals surface area (Å²) in [7, 11) is 0. The molecule has 0 saturated carbocycles. The Morgan fingerprint density at radius 3 is 2.43 bits per heavy atom. The van der Waals surface area contributed by atoms with Crippen LogP contribution in [0.1, 0.15) is 0 Å². The Balaban J connectivity index is 2.26. The molecule has 0 atom stereocenters. The zero-order valence-corrected chi connectivity index (χ0v) is 13.2. The van der Waals surface area contributed by atoms with Crippen molar-refractivity contribution in [2.75, 3.05) is 5.32 Å². The van der Waals surface area contributed by atoms with E-state index in [0.717, 1.165) is 0 Å². The minimum absolute atomic E-state index is 0.0462. The van der Waals surface area contributed by atoms with Crippen LogP contribution >= 0.6 is 23.2 Å². The van der Waals surface area contributed by atoms with Crippen molar-refractivity contribution in [3.63, 3.8) is 0 Å². The summed E-state index contributed by atoms with van der Waals surface area (Å²) in [5.41, 5.74) is 1.26. The summed E-state index contributed by atoms with van der Waals surface area (Å²) in [6.45, 7) is 0. The molecule has 0 radical (unpaired) electrons. The van der Waals surface area contributed by atoms with Crippen LogP contribution in [0.2, 0.25) is 10.0 Å². The van der Waals surface area contributed by atoms with Crippen molar-refractivity contribution >= 4 is 35.4 Å². The molecular formula is C16H11Cl2N3O2. The average Bonchev–Trinajstić information content (AvgIpc) is 2.86. The summed E-state index contributed by atoms with van der Waals surface area (Å²) in [5, 5.41) is 13.8. The summed E-state index contributed by atoms with van der Waals surface area (Å²) < 4.78 is 1.49. The van der Waals surface area contributed by atoms with Crippen molar-refractivity contribution in [2.24, 2.45) is 0 Å². The summed E-state index contributed by atoms with van der Waals surface area (Å²) in [6.07, 6.45) is 0.449. The zero-order valence-electron chi connectivity index (χ0n) is 11.7. The third-order valence-electron chi connectivity index (χ3n) is 3.25. The molecule has 3 rings (SSSR count). The van der Waals surface area contributed by atoms with Crippen molar-refractivity contribution in [3.05, 3.63) is 58.6 Å². The molecule has 5 nitrogen and oxygen atoms in total. The van der Waals surface area contributed by atoms with E-state index in [2.05, 4.69) is 10.3 Å². The van der Waals surface area contributed by atoms with Crippen molar-refractivity contribution < 1.29 is 9.90 Å². The number of nitrogens with zero attached hydrogens (tertiary/aromatic N) is 2. The lowest BCUT2D eigenvalue weighted by Crippen LogP contribution is -1.97. The number of rotatable bonds is 4. The summed E-state index contributed by atoms with van der Waals surface area (Å²) in [6, 6.07) is 14.0. The highest BCUT2D eigenvalue weighted by Gasteiger charge is 2.20. The van der Waals surface area contributed by atoms with E-state index in [1.165, 1.54) is 4.57 Å². The topological polar surface area (TPSA) is 67.2 Å². The molecule has 0 spiro atoms. The van der Waals surface area contributed by atoms with Gasteiger partial charge in [0.1, 0.15) is 0 Å². The van der Waals surface area contributed by atoms with Gasteiger partial charge in [-0.15, -0.1) is 0 Å². The van der Waals surface area contributed by atoms with Gasteiger partial charge in [0.2, 0.25) is 12.3 Å². The van der Waals surface area contributed by atoms with Gasteiger partial charge in [0.05, 0.1) is 10.7 Å². The van der Waals surface area contributed by atoms with Gasteiger partial charge in [0, 0.05) is 10.6 Å². The van der Waals surface area contributed by atoms with Crippen LogP contribution in [0.4, 0.5) is 5.82 Å². The van der Waals surface area contributed by atoms with Crippen LogP contribution in [0.15, 0.2) is 48.5 Å². The SMILES string of the molecule is O=CNc1nc(-c2ccccc2Cl)n(-c2ccc(Cl)cc2)c1O. The Bertz CT molecular complexity index is 860. The number of carbonyl (C=O) groups is 1. The second-order valence-electron chi connectivity index (χ2n) is 4.66. The van der Waals surface area contributed by atoms with E-state index in [9.17, 15) is 9.90 Å². The van der Waals surface area contributed by atoms with Gasteiger partial charge < -0.3 is 10.4 Å². The fraction of sp³-hybridized carbons (Fsp3) is 0. The maximum atomic E-state index is 10.7. The van der Waals surface area contributed by atoms with Crippen LogP contribution in [0.5, 0.6) is 5.88 Å². The lowest BCUT2D eigenvalue weighted by molar-refractivity contribution is -0.105.